The summed E-state index contributed by atoms with van der Waals surface area (Å²) >= 11 is 2.73. The molecule has 134 valence electrons. The number of carbonyl (C=O) groups is 3. The van der Waals surface area contributed by atoms with Gasteiger partial charge in [-0.3, -0.25) is 9.59 Å². The number of anilines is 1. The fourth-order valence-corrected chi connectivity index (χ4v) is 3.90. The second-order valence-electron chi connectivity index (χ2n) is 5.36. The van der Waals surface area contributed by atoms with Crippen LogP contribution in [0.1, 0.15) is 43.3 Å². The Morgan fingerprint density at radius 2 is 2.00 bits per heavy atom. The molecule has 0 fully saturated rings. The zero-order valence-electron chi connectivity index (χ0n) is 14.3. The fraction of sp³-hybridized carbons (Fsp3) is 0.353. The van der Waals surface area contributed by atoms with Crippen molar-refractivity contribution in [3.63, 3.8) is 0 Å². The lowest BCUT2D eigenvalue weighted by Gasteiger charge is -2.07. The largest absolute Gasteiger partial charge is 0.465 e. The maximum Gasteiger partial charge on any atom is 0.341 e. The molecule has 0 aliphatic heterocycles. The van der Waals surface area contributed by atoms with Gasteiger partial charge in [0.05, 0.1) is 17.6 Å². The average Bonchev–Trinajstić information content (AvgIpc) is 3.20. The van der Waals surface area contributed by atoms with E-state index in [1.54, 1.807) is 6.07 Å². The van der Waals surface area contributed by atoms with E-state index in [2.05, 4.69) is 10.6 Å². The molecule has 0 radical (unpaired) electrons. The van der Waals surface area contributed by atoms with E-state index in [1.807, 2.05) is 25.3 Å². The molecule has 0 saturated heterocycles. The Morgan fingerprint density at radius 3 is 2.64 bits per heavy atom. The van der Waals surface area contributed by atoms with Gasteiger partial charge in [0.2, 0.25) is 5.91 Å². The van der Waals surface area contributed by atoms with Crippen LogP contribution in [0.4, 0.5) is 5.00 Å². The van der Waals surface area contributed by atoms with E-state index in [-0.39, 0.29) is 18.2 Å². The Hall–Kier alpha value is -2.19. The number of aryl methyl sites for hydroxylation is 1. The summed E-state index contributed by atoms with van der Waals surface area (Å²) in [6.07, 6.45) is 0.765. The summed E-state index contributed by atoms with van der Waals surface area (Å²) < 4.78 is 4.78. The summed E-state index contributed by atoms with van der Waals surface area (Å²) in [5.41, 5.74) is 1.22. The van der Waals surface area contributed by atoms with Gasteiger partial charge in [0.25, 0.3) is 5.91 Å². The summed E-state index contributed by atoms with van der Waals surface area (Å²) in [7, 11) is 1.32. The molecular formula is C17H20N2O4S2. The number of methoxy groups -OCH3 is 1. The minimum absolute atomic E-state index is 0.132. The number of thiophene rings is 2. The lowest BCUT2D eigenvalue weighted by atomic mass is 10.1. The number of amides is 2. The molecule has 0 aliphatic carbocycles. The third-order valence-electron chi connectivity index (χ3n) is 3.64. The SMILES string of the molecule is COC(=O)c1c(NC(=O)CCCNC(=O)c2cccs2)sc(C)c1C. The number of carbonyl (C=O) groups excluding carboxylic acids is 3. The van der Waals surface area contributed by atoms with E-state index in [1.165, 1.54) is 29.8 Å². The van der Waals surface area contributed by atoms with Crippen LogP contribution < -0.4 is 10.6 Å². The standard InChI is InChI=1S/C17H20N2O4S2/c1-10-11(2)25-16(14(10)17(22)23-3)19-13(20)7-4-8-18-15(21)12-6-5-9-24-12/h5-6,9H,4,7-8H2,1-3H3,(H,18,21)(H,19,20). The van der Waals surface area contributed by atoms with Crippen LogP contribution in [-0.4, -0.2) is 31.4 Å². The predicted molar refractivity (Wildman–Crippen MR) is 99.6 cm³/mol. The van der Waals surface area contributed by atoms with Crippen molar-refractivity contribution >= 4 is 45.5 Å². The van der Waals surface area contributed by atoms with Crippen LogP contribution in [-0.2, 0) is 9.53 Å². The van der Waals surface area contributed by atoms with Gasteiger partial charge in [0.1, 0.15) is 5.00 Å². The molecule has 0 atom stereocenters. The van der Waals surface area contributed by atoms with Gasteiger partial charge in [0.15, 0.2) is 0 Å². The highest BCUT2D eigenvalue weighted by atomic mass is 32.1. The molecule has 0 unspecified atom stereocenters. The van der Waals surface area contributed by atoms with Gasteiger partial charge in [0, 0.05) is 17.8 Å². The van der Waals surface area contributed by atoms with Crippen molar-refractivity contribution in [2.24, 2.45) is 0 Å². The van der Waals surface area contributed by atoms with Gasteiger partial charge in [-0.2, -0.15) is 0 Å². The van der Waals surface area contributed by atoms with Gasteiger partial charge in [-0.05, 0) is 37.3 Å². The first-order chi connectivity index (χ1) is 11.9. The molecule has 0 aromatic carbocycles. The lowest BCUT2D eigenvalue weighted by molar-refractivity contribution is -0.116. The molecule has 25 heavy (non-hydrogen) atoms. The second-order valence-corrected chi connectivity index (χ2v) is 7.54. The van der Waals surface area contributed by atoms with E-state index in [0.717, 1.165) is 10.4 Å². The number of hydrogen-bond donors (Lipinski definition) is 2. The molecule has 0 spiro atoms. The van der Waals surface area contributed by atoms with E-state index in [0.29, 0.717) is 28.4 Å². The minimum Gasteiger partial charge on any atom is -0.465 e. The lowest BCUT2D eigenvalue weighted by Crippen LogP contribution is -2.24. The molecule has 2 amide bonds. The van der Waals surface area contributed by atoms with Crippen molar-refractivity contribution < 1.29 is 19.1 Å². The number of ether oxygens (including phenoxy) is 1. The molecule has 2 N–H and O–H groups in total. The average molecular weight is 380 g/mol. The van der Waals surface area contributed by atoms with Crippen LogP contribution in [0.5, 0.6) is 0 Å². The van der Waals surface area contributed by atoms with Gasteiger partial charge >= 0.3 is 5.97 Å². The van der Waals surface area contributed by atoms with E-state index < -0.39 is 5.97 Å². The highest BCUT2D eigenvalue weighted by Gasteiger charge is 2.21. The summed E-state index contributed by atoms with van der Waals surface area (Å²) in [5, 5.41) is 7.90. The Labute approximate surface area is 154 Å². The third-order valence-corrected chi connectivity index (χ3v) is 5.63. The van der Waals surface area contributed by atoms with Crippen LogP contribution in [0, 0.1) is 13.8 Å². The topological polar surface area (TPSA) is 84.5 Å². The number of nitrogens with one attached hydrogen (secondary N) is 2. The highest BCUT2D eigenvalue weighted by Crippen LogP contribution is 2.33. The molecule has 2 rings (SSSR count). The van der Waals surface area contributed by atoms with Gasteiger partial charge in [-0.15, -0.1) is 22.7 Å². The van der Waals surface area contributed by atoms with Crippen LogP contribution in [0.2, 0.25) is 0 Å². The Balaban J connectivity index is 1.84. The Morgan fingerprint density at radius 1 is 1.24 bits per heavy atom. The zero-order chi connectivity index (χ0) is 18.4. The van der Waals surface area contributed by atoms with Crippen LogP contribution in [0.25, 0.3) is 0 Å². The zero-order valence-corrected chi connectivity index (χ0v) is 15.9. The number of rotatable bonds is 7. The predicted octanol–water partition coefficient (Wildman–Crippen LogP) is 3.36. The highest BCUT2D eigenvalue weighted by molar-refractivity contribution is 7.16. The van der Waals surface area contributed by atoms with E-state index in [4.69, 9.17) is 4.74 Å². The van der Waals surface area contributed by atoms with E-state index >= 15 is 0 Å². The van der Waals surface area contributed by atoms with Crippen LogP contribution in [0.3, 0.4) is 0 Å². The van der Waals surface area contributed by atoms with Crippen molar-refractivity contribution in [2.75, 3.05) is 19.0 Å². The monoisotopic (exact) mass is 380 g/mol. The van der Waals surface area contributed by atoms with Crippen molar-refractivity contribution in [2.45, 2.75) is 26.7 Å². The Bertz CT molecular complexity index is 766. The van der Waals surface area contributed by atoms with E-state index in [9.17, 15) is 14.4 Å². The third kappa shape index (κ3) is 4.90. The molecule has 0 saturated carbocycles. The number of hydrogen-bond acceptors (Lipinski definition) is 6. The van der Waals surface area contributed by atoms with Crippen molar-refractivity contribution in [3.05, 3.63) is 38.4 Å². The minimum atomic E-state index is -0.458. The molecule has 6 nitrogen and oxygen atoms in total. The van der Waals surface area contributed by atoms with Gasteiger partial charge in [-0.1, -0.05) is 6.07 Å². The first kappa shape index (κ1) is 19.1. The smallest absolute Gasteiger partial charge is 0.341 e. The normalized spacial score (nSPS) is 10.4. The Kier molecular flexibility index (Phi) is 6.72. The molecule has 0 aliphatic rings. The second kappa shape index (κ2) is 8.77. The summed E-state index contributed by atoms with van der Waals surface area (Å²) in [5.74, 6) is -0.787. The molecule has 2 heterocycles. The molecule has 2 aromatic rings. The molecule has 2 aromatic heterocycles. The maximum absolute atomic E-state index is 12.1. The number of esters is 1. The molecule has 8 heteroatoms. The fourth-order valence-electron chi connectivity index (χ4n) is 2.20. The molecule has 0 bridgehead atoms. The van der Waals surface area contributed by atoms with Crippen LogP contribution >= 0.6 is 22.7 Å². The van der Waals surface area contributed by atoms with Gasteiger partial charge < -0.3 is 15.4 Å². The first-order valence-electron chi connectivity index (χ1n) is 7.74. The van der Waals surface area contributed by atoms with Crippen molar-refractivity contribution in [3.8, 4) is 0 Å². The molecular weight excluding hydrogens is 360 g/mol. The first-order valence-corrected chi connectivity index (χ1v) is 9.43. The van der Waals surface area contributed by atoms with Crippen molar-refractivity contribution in [1.82, 2.24) is 5.32 Å². The van der Waals surface area contributed by atoms with Crippen molar-refractivity contribution in [1.29, 1.82) is 0 Å². The van der Waals surface area contributed by atoms with Gasteiger partial charge in [-0.25, -0.2) is 4.79 Å². The maximum atomic E-state index is 12.1. The summed E-state index contributed by atoms with van der Waals surface area (Å²) in [4.78, 5) is 37.4. The summed E-state index contributed by atoms with van der Waals surface area (Å²) in [6.45, 7) is 4.13. The van der Waals surface area contributed by atoms with Crippen LogP contribution in [0.15, 0.2) is 17.5 Å². The quantitative estimate of drug-likeness (QED) is 0.570. The summed E-state index contributed by atoms with van der Waals surface area (Å²) in [6, 6.07) is 3.57.